The molecule has 3 aromatic carbocycles. The number of aryl methyl sites for hydroxylation is 1. The van der Waals surface area contributed by atoms with Crippen molar-refractivity contribution in [2.24, 2.45) is 5.92 Å². The molecule has 1 saturated heterocycles. The minimum absolute atomic E-state index is 0.0641. The van der Waals surface area contributed by atoms with Crippen LogP contribution in [0.5, 0.6) is 0 Å². The van der Waals surface area contributed by atoms with Crippen LogP contribution in [-0.4, -0.2) is 31.8 Å². The molecule has 0 radical (unpaired) electrons. The number of benzene rings is 3. The standard InChI is InChI=1S/C28H26N2O3S/c1-20-14-16-22(17-15-20)34(32,33)30-25-12-6-5-10-23(25)28-19-29(18-21-8-3-2-4-9-21)27(31)24(28)11-7-13-26(28)30/h2-12,14-17,24,26H,13,18-19H2,1H3/t24-,26+,28-/m1/s1. The van der Waals surface area contributed by atoms with E-state index < -0.39 is 15.4 Å². The Labute approximate surface area is 200 Å². The maximum atomic E-state index is 14.0. The predicted molar refractivity (Wildman–Crippen MR) is 132 cm³/mol. The van der Waals surface area contributed by atoms with Crippen molar-refractivity contribution < 1.29 is 13.2 Å². The summed E-state index contributed by atoms with van der Waals surface area (Å²) in [6.45, 7) is 2.96. The van der Waals surface area contributed by atoms with Gasteiger partial charge in [-0.2, -0.15) is 0 Å². The highest BCUT2D eigenvalue weighted by Crippen LogP contribution is 2.58. The zero-order valence-corrected chi connectivity index (χ0v) is 19.8. The molecule has 0 unspecified atom stereocenters. The average Bonchev–Trinajstić information content (AvgIpc) is 3.30. The Hall–Kier alpha value is -3.38. The van der Waals surface area contributed by atoms with Crippen molar-refractivity contribution in [3.05, 3.63) is 108 Å². The molecule has 1 fully saturated rings. The smallest absolute Gasteiger partial charge is 0.264 e. The zero-order valence-electron chi connectivity index (χ0n) is 19.0. The molecule has 3 atom stereocenters. The molecule has 172 valence electrons. The fourth-order valence-electron chi connectivity index (χ4n) is 6.05. The lowest BCUT2D eigenvalue weighted by Crippen LogP contribution is -2.52. The quantitative estimate of drug-likeness (QED) is 0.530. The highest BCUT2D eigenvalue weighted by Gasteiger charge is 2.64. The summed E-state index contributed by atoms with van der Waals surface area (Å²) in [5, 5.41) is 0. The number of anilines is 1. The highest BCUT2D eigenvalue weighted by molar-refractivity contribution is 7.92. The summed E-state index contributed by atoms with van der Waals surface area (Å²) < 4.78 is 29.6. The molecule has 2 aliphatic heterocycles. The minimum atomic E-state index is -3.81. The molecule has 0 N–H and O–H groups in total. The maximum absolute atomic E-state index is 14.0. The molecule has 0 saturated carbocycles. The number of likely N-dealkylation sites (tertiary alicyclic amines) is 1. The van der Waals surface area contributed by atoms with Crippen molar-refractivity contribution in [1.82, 2.24) is 4.90 Å². The largest absolute Gasteiger partial charge is 0.337 e. The predicted octanol–water partition coefficient (Wildman–Crippen LogP) is 4.43. The van der Waals surface area contributed by atoms with Crippen LogP contribution in [0.2, 0.25) is 0 Å². The Morgan fingerprint density at radius 3 is 2.41 bits per heavy atom. The number of carbonyl (C=O) groups is 1. The van der Waals surface area contributed by atoms with Crippen LogP contribution in [0.4, 0.5) is 5.69 Å². The Kier molecular flexibility index (Phi) is 4.71. The molecule has 1 spiro atoms. The lowest BCUT2D eigenvalue weighted by atomic mass is 9.66. The van der Waals surface area contributed by atoms with Gasteiger partial charge >= 0.3 is 0 Å². The maximum Gasteiger partial charge on any atom is 0.264 e. The molecule has 3 aromatic rings. The van der Waals surface area contributed by atoms with Gasteiger partial charge in [0.25, 0.3) is 10.0 Å². The van der Waals surface area contributed by atoms with Crippen molar-refractivity contribution in [3.8, 4) is 0 Å². The first-order chi connectivity index (χ1) is 16.4. The third-order valence-electron chi connectivity index (χ3n) is 7.59. The Morgan fingerprint density at radius 2 is 1.65 bits per heavy atom. The number of hydrogen-bond donors (Lipinski definition) is 0. The van der Waals surface area contributed by atoms with Crippen molar-refractivity contribution in [2.75, 3.05) is 10.8 Å². The molecular formula is C28H26N2O3S. The molecule has 0 aromatic heterocycles. The van der Waals surface area contributed by atoms with E-state index in [9.17, 15) is 13.2 Å². The van der Waals surface area contributed by atoms with E-state index in [2.05, 4.69) is 0 Å². The van der Waals surface area contributed by atoms with Gasteiger partial charge in [0.15, 0.2) is 0 Å². The third kappa shape index (κ3) is 2.91. The van der Waals surface area contributed by atoms with E-state index in [0.29, 0.717) is 25.2 Å². The number of fused-ring (bicyclic) bond motifs is 1. The van der Waals surface area contributed by atoms with Gasteiger partial charge in [0.1, 0.15) is 0 Å². The van der Waals surface area contributed by atoms with E-state index in [1.54, 1.807) is 16.4 Å². The fraction of sp³-hybridized carbons (Fsp3) is 0.250. The van der Waals surface area contributed by atoms with Gasteiger partial charge in [-0.25, -0.2) is 8.42 Å². The summed E-state index contributed by atoms with van der Waals surface area (Å²) in [4.78, 5) is 15.8. The van der Waals surface area contributed by atoms with Gasteiger partial charge < -0.3 is 4.90 Å². The van der Waals surface area contributed by atoms with Gasteiger partial charge in [-0.1, -0.05) is 78.4 Å². The Morgan fingerprint density at radius 1 is 0.941 bits per heavy atom. The van der Waals surface area contributed by atoms with E-state index >= 15 is 0 Å². The van der Waals surface area contributed by atoms with Crippen LogP contribution in [0.1, 0.15) is 23.1 Å². The summed E-state index contributed by atoms with van der Waals surface area (Å²) in [6, 6.07) is 24.4. The SMILES string of the molecule is Cc1ccc(S(=O)(=O)N2c3ccccc3[C@]34CN(Cc5ccccc5)C(=O)[C@H]3C=CC[C@H]24)cc1. The van der Waals surface area contributed by atoms with Crippen LogP contribution in [0, 0.1) is 12.8 Å². The monoisotopic (exact) mass is 470 g/mol. The van der Waals surface area contributed by atoms with Crippen LogP contribution in [0.25, 0.3) is 0 Å². The van der Waals surface area contributed by atoms with Gasteiger partial charge in [0, 0.05) is 13.1 Å². The van der Waals surface area contributed by atoms with E-state index in [4.69, 9.17) is 0 Å². The second-order valence-corrected chi connectivity index (χ2v) is 11.3. The van der Waals surface area contributed by atoms with Crippen molar-refractivity contribution in [1.29, 1.82) is 0 Å². The third-order valence-corrected chi connectivity index (χ3v) is 9.42. The average molecular weight is 471 g/mol. The summed E-state index contributed by atoms with van der Waals surface area (Å²) in [5.74, 6) is -0.316. The summed E-state index contributed by atoms with van der Waals surface area (Å²) in [7, 11) is -3.81. The number of para-hydroxylation sites is 1. The summed E-state index contributed by atoms with van der Waals surface area (Å²) >= 11 is 0. The second kappa shape index (κ2) is 7.57. The first-order valence-corrected chi connectivity index (χ1v) is 13.1. The molecule has 1 amide bonds. The van der Waals surface area contributed by atoms with Gasteiger partial charge in [-0.05, 0) is 42.7 Å². The number of nitrogens with zero attached hydrogens (tertiary/aromatic N) is 2. The van der Waals surface area contributed by atoms with Crippen molar-refractivity contribution in [3.63, 3.8) is 0 Å². The van der Waals surface area contributed by atoms with Crippen LogP contribution in [0.3, 0.4) is 0 Å². The number of hydrogen-bond acceptors (Lipinski definition) is 3. The molecule has 5 nitrogen and oxygen atoms in total. The van der Waals surface area contributed by atoms with Crippen molar-refractivity contribution >= 4 is 21.6 Å². The first-order valence-electron chi connectivity index (χ1n) is 11.6. The van der Waals surface area contributed by atoms with Crippen LogP contribution in [0.15, 0.2) is 95.9 Å². The molecule has 3 aliphatic rings. The van der Waals surface area contributed by atoms with E-state index in [0.717, 1.165) is 16.7 Å². The Balaban J connectivity index is 1.48. The van der Waals surface area contributed by atoms with Crippen LogP contribution in [-0.2, 0) is 26.8 Å². The van der Waals surface area contributed by atoms with Gasteiger partial charge in [-0.15, -0.1) is 0 Å². The minimum Gasteiger partial charge on any atom is -0.337 e. The van der Waals surface area contributed by atoms with Crippen LogP contribution >= 0.6 is 0 Å². The Bertz CT molecular complexity index is 1400. The van der Waals surface area contributed by atoms with Gasteiger partial charge in [0.05, 0.1) is 28.0 Å². The number of carbonyl (C=O) groups excluding carboxylic acids is 1. The second-order valence-electron chi connectivity index (χ2n) is 9.51. The molecule has 6 rings (SSSR count). The van der Waals surface area contributed by atoms with E-state index in [1.807, 2.05) is 90.7 Å². The zero-order chi connectivity index (χ0) is 23.5. The molecule has 34 heavy (non-hydrogen) atoms. The van der Waals surface area contributed by atoms with E-state index in [1.165, 1.54) is 0 Å². The normalized spacial score (nSPS) is 25.3. The topological polar surface area (TPSA) is 57.7 Å². The van der Waals surface area contributed by atoms with Crippen molar-refractivity contribution in [2.45, 2.75) is 36.2 Å². The van der Waals surface area contributed by atoms with Crippen LogP contribution < -0.4 is 4.31 Å². The highest BCUT2D eigenvalue weighted by atomic mass is 32.2. The lowest BCUT2D eigenvalue weighted by Gasteiger charge is -2.40. The first kappa shape index (κ1) is 21.2. The molecule has 1 aliphatic carbocycles. The number of sulfonamides is 1. The number of amides is 1. The van der Waals surface area contributed by atoms with Gasteiger partial charge in [-0.3, -0.25) is 9.10 Å². The fourth-order valence-corrected chi connectivity index (χ4v) is 7.79. The van der Waals surface area contributed by atoms with E-state index in [-0.39, 0.29) is 22.8 Å². The number of rotatable bonds is 4. The summed E-state index contributed by atoms with van der Waals surface area (Å²) in [5.41, 5.74) is 3.12. The molecule has 2 heterocycles. The van der Waals surface area contributed by atoms with Gasteiger partial charge in [0.2, 0.25) is 5.91 Å². The lowest BCUT2D eigenvalue weighted by molar-refractivity contribution is -0.130. The molecule has 6 heteroatoms. The summed E-state index contributed by atoms with van der Waals surface area (Å²) in [6.07, 6.45) is 4.56. The molecular weight excluding hydrogens is 444 g/mol. The molecule has 0 bridgehead atoms.